The van der Waals surface area contributed by atoms with Gasteiger partial charge in [0.2, 0.25) is 0 Å². The second kappa shape index (κ2) is 3.37. The first kappa shape index (κ1) is 7.94. The summed E-state index contributed by atoms with van der Waals surface area (Å²) in [5, 5.41) is 1.82. The van der Waals surface area contributed by atoms with Crippen LogP contribution in [-0.4, -0.2) is 7.11 Å². The third-order valence-corrected chi connectivity index (χ3v) is 1.81. The molecule has 1 heterocycles. The Morgan fingerprint density at radius 1 is 1.31 bits per heavy atom. The van der Waals surface area contributed by atoms with Crippen LogP contribution in [0.4, 0.5) is 5.69 Å². The van der Waals surface area contributed by atoms with Crippen LogP contribution in [0.3, 0.4) is 0 Å². The van der Waals surface area contributed by atoms with Gasteiger partial charge in [-0.05, 0) is 24.3 Å². The summed E-state index contributed by atoms with van der Waals surface area (Å²) in [6, 6.07) is 7.72. The number of nitrogens with zero attached hydrogens (tertiary/aromatic N) is 2. The molecule has 1 aromatic rings. The second-order valence-corrected chi connectivity index (χ2v) is 2.60. The summed E-state index contributed by atoms with van der Waals surface area (Å²) >= 11 is 0. The Morgan fingerprint density at radius 3 is 2.62 bits per heavy atom. The standard InChI is InChI=1S/C9H10N3O/c1-13-9-4-2-8(3-5-9)12-7-6-10-11-12/h2-7,11H,1H3. The normalized spacial score (nSPS) is 14.4. The molecule has 0 fully saturated rings. The highest BCUT2D eigenvalue weighted by Crippen LogP contribution is 2.18. The average Bonchev–Trinajstić information content (AvgIpc) is 2.71. The molecule has 1 aliphatic rings. The maximum absolute atomic E-state index is 5.05. The van der Waals surface area contributed by atoms with E-state index < -0.39 is 0 Å². The summed E-state index contributed by atoms with van der Waals surface area (Å²) in [6.45, 7) is 0. The van der Waals surface area contributed by atoms with Crippen LogP contribution in [0.15, 0.2) is 36.7 Å². The van der Waals surface area contributed by atoms with Gasteiger partial charge in [-0.2, -0.15) is 5.43 Å². The van der Waals surface area contributed by atoms with Crippen molar-refractivity contribution in [2.75, 3.05) is 12.1 Å². The van der Waals surface area contributed by atoms with Crippen molar-refractivity contribution in [1.82, 2.24) is 11.0 Å². The van der Waals surface area contributed by atoms with E-state index in [1.807, 2.05) is 35.5 Å². The van der Waals surface area contributed by atoms with Gasteiger partial charge in [-0.25, -0.2) is 0 Å². The molecule has 67 valence electrons. The minimum atomic E-state index is 0.851. The fourth-order valence-electron chi connectivity index (χ4n) is 1.12. The van der Waals surface area contributed by atoms with E-state index in [4.69, 9.17) is 4.74 Å². The van der Waals surface area contributed by atoms with Crippen molar-refractivity contribution in [3.63, 3.8) is 0 Å². The van der Waals surface area contributed by atoms with Gasteiger partial charge in [0.05, 0.1) is 19.0 Å². The maximum Gasteiger partial charge on any atom is 0.119 e. The molecule has 0 aliphatic carbocycles. The number of hydrogen-bond acceptors (Lipinski definition) is 3. The van der Waals surface area contributed by atoms with Crippen LogP contribution in [-0.2, 0) is 0 Å². The summed E-state index contributed by atoms with van der Waals surface area (Å²) in [7, 11) is 1.65. The summed E-state index contributed by atoms with van der Waals surface area (Å²) < 4.78 is 5.05. The molecule has 0 unspecified atom stereocenters. The maximum atomic E-state index is 5.05. The first-order chi connectivity index (χ1) is 6.40. The Balaban J connectivity index is 2.17. The quantitative estimate of drug-likeness (QED) is 0.730. The van der Waals surface area contributed by atoms with Crippen molar-refractivity contribution in [3.05, 3.63) is 36.7 Å². The summed E-state index contributed by atoms with van der Waals surface area (Å²) in [4.78, 5) is 0. The van der Waals surface area contributed by atoms with Gasteiger partial charge < -0.3 is 4.74 Å². The number of ether oxygens (including phenoxy) is 1. The van der Waals surface area contributed by atoms with Gasteiger partial charge in [-0.15, -0.1) is 5.53 Å². The molecule has 13 heavy (non-hydrogen) atoms. The third kappa shape index (κ3) is 1.57. The Hall–Kier alpha value is -1.68. The van der Waals surface area contributed by atoms with Gasteiger partial charge in [-0.3, -0.25) is 5.01 Å². The van der Waals surface area contributed by atoms with Crippen LogP contribution < -0.4 is 20.7 Å². The number of rotatable bonds is 2. The summed E-state index contributed by atoms with van der Waals surface area (Å²) in [5.74, 6) is 0.851. The molecule has 1 aliphatic heterocycles. The smallest absolute Gasteiger partial charge is 0.119 e. The zero-order valence-electron chi connectivity index (χ0n) is 7.27. The van der Waals surface area contributed by atoms with E-state index in [1.54, 1.807) is 13.3 Å². The van der Waals surface area contributed by atoms with Crippen LogP contribution in [0.25, 0.3) is 0 Å². The van der Waals surface area contributed by atoms with Gasteiger partial charge in [0.1, 0.15) is 5.75 Å². The molecular formula is C9H10N3O. The van der Waals surface area contributed by atoms with Gasteiger partial charge in [0.15, 0.2) is 0 Å². The van der Waals surface area contributed by atoms with Crippen molar-refractivity contribution >= 4 is 5.69 Å². The molecular weight excluding hydrogens is 166 g/mol. The molecule has 0 saturated carbocycles. The summed E-state index contributed by atoms with van der Waals surface area (Å²) in [5.41, 5.74) is 7.69. The second-order valence-electron chi connectivity index (χ2n) is 2.60. The van der Waals surface area contributed by atoms with Gasteiger partial charge >= 0.3 is 0 Å². The molecule has 0 amide bonds. The molecule has 2 rings (SSSR count). The molecule has 1 aromatic carbocycles. The number of hydrogen-bond donors (Lipinski definition) is 1. The molecule has 1 N–H and O–H groups in total. The van der Waals surface area contributed by atoms with E-state index in [1.165, 1.54) is 0 Å². The summed E-state index contributed by atoms with van der Waals surface area (Å²) in [6.07, 6.45) is 3.55. The average molecular weight is 176 g/mol. The van der Waals surface area contributed by atoms with E-state index in [-0.39, 0.29) is 0 Å². The largest absolute Gasteiger partial charge is 0.497 e. The number of benzene rings is 1. The van der Waals surface area contributed by atoms with E-state index >= 15 is 0 Å². The molecule has 1 radical (unpaired) electrons. The van der Waals surface area contributed by atoms with Crippen LogP contribution in [0, 0.1) is 0 Å². The van der Waals surface area contributed by atoms with Crippen molar-refractivity contribution in [1.29, 1.82) is 0 Å². The number of methoxy groups -OCH3 is 1. The van der Waals surface area contributed by atoms with E-state index in [9.17, 15) is 0 Å². The molecule has 0 aromatic heterocycles. The Labute approximate surface area is 76.7 Å². The van der Waals surface area contributed by atoms with Crippen LogP contribution in [0.2, 0.25) is 0 Å². The Bertz CT molecular complexity index is 307. The Morgan fingerprint density at radius 2 is 2.08 bits per heavy atom. The molecule has 4 heteroatoms. The molecule has 0 atom stereocenters. The van der Waals surface area contributed by atoms with Crippen molar-refractivity contribution in [2.45, 2.75) is 0 Å². The van der Waals surface area contributed by atoms with Gasteiger partial charge in [0.25, 0.3) is 0 Å². The highest BCUT2D eigenvalue weighted by molar-refractivity contribution is 5.50. The number of nitrogens with one attached hydrogen (secondary N) is 1. The highest BCUT2D eigenvalue weighted by atomic mass is 16.5. The monoisotopic (exact) mass is 176 g/mol. The predicted octanol–water partition coefficient (Wildman–Crippen LogP) is 1.01. The molecule has 0 bridgehead atoms. The predicted molar refractivity (Wildman–Crippen MR) is 49.9 cm³/mol. The fraction of sp³-hybridized carbons (Fsp3) is 0.111. The lowest BCUT2D eigenvalue weighted by molar-refractivity contribution is 0.415. The van der Waals surface area contributed by atoms with Gasteiger partial charge in [-0.1, -0.05) is 0 Å². The van der Waals surface area contributed by atoms with Crippen molar-refractivity contribution in [3.8, 4) is 5.75 Å². The minimum Gasteiger partial charge on any atom is -0.497 e. The van der Waals surface area contributed by atoms with Crippen LogP contribution in [0.5, 0.6) is 5.75 Å². The topological polar surface area (TPSA) is 38.6 Å². The minimum absolute atomic E-state index is 0.851. The van der Waals surface area contributed by atoms with Crippen molar-refractivity contribution in [2.24, 2.45) is 0 Å². The molecule has 4 nitrogen and oxygen atoms in total. The van der Waals surface area contributed by atoms with E-state index in [0.29, 0.717) is 0 Å². The van der Waals surface area contributed by atoms with Crippen molar-refractivity contribution < 1.29 is 4.74 Å². The van der Waals surface area contributed by atoms with Crippen LogP contribution >= 0.6 is 0 Å². The first-order valence-corrected chi connectivity index (χ1v) is 3.95. The van der Waals surface area contributed by atoms with E-state index in [0.717, 1.165) is 11.4 Å². The highest BCUT2D eigenvalue weighted by Gasteiger charge is 2.06. The SMILES string of the molecule is COc1ccc(N2C=C[N]N2)cc1. The number of anilines is 1. The lowest BCUT2D eigenvalue weighted by Gasteiger charge is -2.14. The Kier molecular flexibility index (Phi) is 2.06. The first-order valence-electron chi connectivity index (χ1n) is 3.95. The van der Waals surface area contributed by atoms with E-state index in [2.05, 4.69) is 11.0 Å². The molecule has 0 saturated heterocycles. The van der Waals surface area contributed by atoms with Crippen LogP contribution in [0.1, 0.15) is 0 Å². The molecule has 0 spiro atoms. The lowest BCUT2D eigenvalue weighted by atomic mass is 10.3. The third-order valence-electron chi connectivity index (χ3n) is 1.81. The number of hydrazine groups is 1. The lowest BCUT2D eigenvalue weighted by Crippen LogP contribution is -2.31. The zero-order chi connectivity index (χ0) is 9.10. The van der Waals surface area contributed by atoms with Gasteiger partial charge in [0, 0.05) is 6.20 Å². The zero-order valence-corrected chi connectivity index (χ0v) is 7.27. The fourth-order valence-corrected chi connectivity index (χ4v) is 1.12.